The molecule has 2 aliphatic heterocycles. The van der Waals surface area contributed by atoms with Crippen molar-refractivity contribution in [1.29, 1.82) is 0 Å². The van der Waals surface area contributed by atoms with Crippen LogP contribution in [0.2, 0.25) is 0 Å². The number of alkyl halides is 2. The third-order valence-electron chi connectivity index (χ3n) is 6.14. The molecule has 0 N–H and O–H groups in total. The molecule has 1 aromatic carbocycles. The summed E-state index contributed by atoms with van der Waals surface area (Å²) in [6.45, 7) is 1.95. The summed E-state index contributed by atoms with van der Waals surface area (Å²) < 4.78 is 46.5. The highest BCUT2D eigenvalue weighted by atomic mass is 19.2. The van der Waals surface area contributed by atoms with E-state index >= 15 is 8.78 Å². The van der Waals surface area contributed by atoms with Gasteiger partial charge in [-0.3, -0.25) is 4.79 Å². The van der Waals surface area contributed by atoms with E-state index in [0.717, 1.165) is 11.0 Å². The van der Waals surface area contributed by atoms with Crippen LogP contribution in [-0.2, 0) is 0 Å². The zero-order valence-electron chi connectivity index (χ0n) is 18.1. The quantitative estimate of drug-likeness (QED) is 0.606. The number of likely N-dealkylation sites (tertiary alicyclic amines) is 1. The molecule has 0 unspecified atom stereocenters. The molecule has 2 aromatic heterocycles. The first kappa shape index (κ1) is 21.3. The lowest BCUT2D eigenvalue weighted by Gasteiger charge is -2.23. The van der Waals surface area contributed by atoms with Gasteiger partial charge in [-0.15, -0.1) is 0 Å². The molecule has 10 heteroatoms. The number of rotatable bonds is 3. The van der Waals surface area contributed by atoms with Crippen molar-refractivity contribution in [3.8, 4) is 11.4 Å². The summed E-state index contributed by atoms with van der Waals surface area (Å²) in [5.74, 6) is -1.18. The Balaban J connectivity index is 1.43. The Kier molecular flexibility index (Phi) is 4.84. The van der Waals surface area contributed by atoms with Crippen LogP contribution in [0, 0.1) is 19.7 Å². The predicted octanol–water partition coefficient (Wildman–Crippen LogP) is 3.08. The number of carbonyl (C=O) groups excluding carboxylic acids is 1. The minimum absolute atomic E-state index is 0.155. The molecule has 170 valence electrons. The van der Waals surface area contributed by atoms with E-state index in [9.17, 15) is 9.18 Å². The van der Waals surface area contributed by atoms with Gasteiger partial charge in [0.25, 0.3) is 5.91 Å². The molecule has 0 aliphatic carbocycles. The van der Waals surface area contributed by atoms with Gasteiger partial charge in [-0.25, -0.2) is 33.1 Å². The fraction of sp³-hybridized carbons (Fsp3) is 0.348. The summed E-state index contributed by atoms with van der Waals surface area (Å²) in [5, 5.41) is 0. The van der Waals surface area contributed by atoms with Crippen LogP contribution in [0.5, 0.6) is 0 Å². The number of amides is 1. The van der Waals surface area contributed by atoms with E-state index in [1.165, 1.54) is 29.4 Å². The Morgan fingerprint density at radius 3 is 2.15 bits per heavy atom. The topological polar surface area (TPSA) is 75.1 Å². The van der Waals surface area contributed by atoms with Gasteiger partial charge in [-0.1, -0.05) is 12.1 Å². The van der Waals surface area contributed by atoms with Gasteiger partial charge >= 0.3 is 0 Å². The van der Waals surface area contributed by atoms with Crippen molar-refractivity contribution in [3.05, 3.63) is 65.5 Å². The Labute approximate surface area is 188 Å². The molecule has 4 heterocycles. The summed E-state index contributed by atoms with van der Waals surface area (Å²) >= 11 is 0. The van der Waals surface area contributed by atoms with E-state index in [2.05, 4.69) is 19.9 Å². The number of aromatic nitrogens is 4. The smallest absolute Gasteiger partial charge is 0.257 e. The highest BCUT2D eigenvalue weighted by Crippen LogP contribution is 2.46. The lowest BCUT2D eigenvalue weighted by Crippen LogP contribution is -2.44. The predicted molar refractivity (Wildman–Crippen MR) is 115 cm³/mol. The normalized spacial score (nSPS) is 24.3. The van der Waals surface area contributed by atoms with Crippen molar-refractivity contribution in [2.75, 3.05) is 31.1 Å². The highest BCUT2D eigenvalue weighted by Gasteiger charge is 2.67. The van der Waals surface area contributed by atoms with Gasteiger partial charge in [0.05, 0.1) is 31.7 Å². The zero-order valence-corrected chi connectivity index (χ0v) is 18.1. The van der Waals surface area contributed by atoms with Crippen LogP contribution in [0.3, 0.4) is 0 Å². The molecular weight excluding hydrogens is 433 g/mol. The van der Waals surface area contributed by atoms with Crippen LogP contribution in [0.15, 0.2) is 42.7 Å². The van der Waals surface area contributed by atoms with Crippen molar-refractivity contribution >= 4 is 11.9 Å². The molecule has 2 saturated heterocycles. The van der Waals surface area contributed by atoms with Crippen molar-refractivity contribution in [2.45, 2.75) is 25.2 Å². The van der Waals surface area contributed by atoms with Gasteiger partial charge in [-0.2, -0.15) is 0 Å². The molecule has 0 bridgehead atoms. The summed E-state index contributed by atoms with van der Waals surface area (Å²) in [4.78, 5) is 32.5. The number of benzene rings is 1. The minimum Gasteiger partial charge on any atom is -0.334 e. The summed E-state index contributed by atoms with van der Waals surface area (Å²) in [6.07, 6.45) is 2.94. The summed E-state index contributed by atoms with van der Waals surface area (Å²) in [5.41, 5.74) is -3.41. The number of nitrogens with zero attached hydrogens (tertiary/aromatic N) is 6. The van der Waals surface area contributed by atoms with Crippen LogP contribution in [0.1, 0.15) is 21.7 Å². The van der Waals surface area contributed by atoms with Gasteiger partial charge in [0.1, 0.15) is 5.82 Å². The molecule has 7 nitrogen and oxygen atoms in total. The zero-order chi connectivity index (χ0) is 23.4. The Bertz CT molecular complexity index is 1200. The van der Waals surface area contributed by atoms with Crippen LogP contribution >= 0.6 is 0 Å². The van der Waals surface area contributed by atoms with Crippen molar-refractivity contribution in [2.24, 2.45) is 0 Å². The fourth-order valence-electron chi connectivity index (χ4n) is 4.65. The maximum Gasteiger partial charge on any atom is 0.257 e. The van der Waals surface area contributed by atoms with Gasteiger partial charge < -0.3 is 9.80 Å². The van der Waals surface area contributed by atoms with Crippen molar-refractivity contribution in [3.63, 3.8) is 0 Å². The SMILES string of the molecule is Cc1cc(C)nc(N2C[C@]3(F)CN(C(=O)c4c(F)cccc4-c4ncccn4)C[C@]3(F)C2)n1. The maximum atomic E-state index is 15.9. The molecule has 33 heavy (non-hydrogen) atoms. The Hall–Kier alpha value is -3.56. The molecule has 2 fully saturated rings. The fourth-order valence-corrected chi connectivity index (χ4v) is 4.65. The molecule has 2 atom stereocenters. The van der Waals surface area contributed by atoms with Gasteiger partial charge in [0.2, 0.25) is 5.95 Å². The third kappa shape index (κ3) is 3.49. The molecule has 3 aromatic rings. The number of carbonyl (C=O) groups is 1. The lowest BCUT2D eigenvalue weighted by molar-refractivity contribution is 0.0491. The molecule has 0 saturated carbocycles. The number of halogens is 3. The second-order valence-electron chi connectivity index (χ2n) is 8.63. The lowest BCUT2D eigenvalue weighted by atomic mass is 9.94. The van der Waals surface area contributed by atoms with Crippen molar-refractivity contribution in [1.82, 2.24) is 24.8 Å². The molecule has 2 aliphatic rings. The number of hydrogen-bond donors (Lipinski definition) is 0. The Morgan fingerprint density at radius 1 is 0.939 bits per heavy atom. The third-order valence-corrected chi connectivity index (χ3v) is 6.14. The van der Waals surface area contributed by atoms with E-state index in [0.29, 0.717) is 11.4 Å². The summed E-state index contributed by atoms with van der Waals surface area (Å²) in [7, 11) is 0. The van der Waals surface area contributed by atoms with Crippen LogP contribution in [0.4, 0.5) is 19.1 Å². The Morgan fingerprint density at radius 2 is 1.55 bits per heavy atom. The first-order valence-electron chi connectivity index (χ1n) is 10.5. The largest absolute Gasteiger partial charge is 0.334 e. The second-order valence-corrected chi connectivity index (χ2v) is 8.63. The number of fused-ring (bicyclic) bond motifs is 1. The average molecular weight is 454 g/mol. The minimum atomic E-state index is -2.33. The summed E-state index contributed by atoms with van der Waals surface area (Å²) in [6, 6.07) is 7.45. The average Bonchev–Trinajstić information content (AvgIpc) is 3.17. The van der Waals surface area contributed by atoms with E-state index < -0.39 is 36.2 Å². The van der Waals surface area contributed by atoms with E-state index in [-0.39, 0.29) is 36.0 Å². The second kappa shape index (κ2) is 7.50. The monoisotopic (exact) mass is 454 g/mol. The molecular formula is C23H21F3N6O. The first-order valence-corrected chi connectivity index (χ1v) is 10.5. The standard InChI is InChI=1S/C23H21F3N6O/c1-14-9-15(2)30-21(29-14)32-12-22(25)10-31(11-23(22,26)13-32)20(33)18-16(5-3-6-17(18)24)19-27-7-4-8-28-19/h3-9H,10-13H2,1-2H3/t22-,23+. The molecule has 0 spiro atoms. The van der Waals surface area contributed by atoms with Gasteiger partial charge in [0.15, 0.2) is 17.2 Å². The number of aryl methyl sites for hydroxylation is 2. The highest BCUT2D eigenvalue weighted by molar-refractivity contribution is 6.00. The van der Waals surface area contributed by atoms with E-state index in [1.54, 1.807) is 26.0 Å². The number of hydrogen-bond acceptors (Lipinski definition) is 6. The molecule has 0 radical (unpaired) electrons. The maximum absolute atomic E-state index is 15.9. The molecule has 1 amide bonds. The van der Waals surface area contributed by atoms with Gasteiger partial charge in [-0.05, 0) is 32.0 Å². The first-order chi connectivity index (χ1) is 15.7. The van der Waals surface area contributed by atoms with E-state index in [4.69, 9.17) is 0 Å². The van der Waals surface area contributed by atoms with Crippen molar-refractivity contribution < 1.29 is 18.0 Å². The molecule has 5 rings (SSSR count). The van der Waals surface area contributed by atoms with Crippen LogP contribution in [-0.4, -0.2) is 68.3 Å². The van der Waals surface area contributed by atoms with Crippen LogP contribution < -0.4 is 4.90 Å². The van der Waals surface area contributed by atoms with Gasteiger partial charge in [0, 0.05) is 29.3 Å². The van der Waals surface area contributed by atoms with E-state index in [1.807, 2.05) is 0 Å². The number of anilines is 1. The van der Waals surface area contributed by atoms with Crippen LogP contribution in [0.25, 0.3) is 11.4 Å².